The van der Waals surface area contributed by atoms with Crippen molar-refractivity contribution in [3.63, 3.8) is 0 Å². The largest absolute Gasteiger partial charge is 0.341 e. The van der Waals surface area contributed by atoms with Gasteiger partial charge in [-0.25, -0.2) is 8.42 Å². The van der Waals surface area contributed by atoms with Gasteiger partial charge < -0.3 is 4.90 Å². The van der Waals surface area contributed by atoms with Crippen LogP contribution in [0, 0.1) is 5.92 Å². The molecule has 4 nitrogen and oxygen atoms in total. The summed E-state index contributed by atoms with van der Waals surface area (Å²) in [6, 6.07) is 2.49. The third-order valence-electron chi connectivity index (χ3n) is 3.11. The number of hydrogen-bond acceptors (Lipinski definition) is 3. The highest BCUT2D eigenvalue weighted by Crippen LogP contribution is 2.35. The predicted molar refractivity (Wildman–Crippen MR) is 79.2 cm³/mol. The van der Waals surface area contributed by atoms with Crippen LogP contribution in [0.3, 0.4) is 0 Å². The Kier molecular flexibility index (Phi) is 4.54. The van der Waals surface area contributed by atoms with Gasteiger partial charge in [-0.05, 0) is 30.9 Å². The first kappa shape index (κ1) is 15.9. The Hall–Kier alpha value is -0.490. The molecule has 1 aliphatic rings. The van der Waals surface area contributed by atoms with E-state index in [1.54, 1.807) is 7.05 Å². The molecule has 110 valence electrons. The molecular formula is C12H12Cl3NO3S. The number of benzene rings is 1. The van der Waals surface area contributed by atoms with Crippen molar-refractivity contribution in [1.29, 1.82) is 0 Å². The Balaban J connectivity index is 2.41. The van der Waals surface area contributed by atoms with Gasteiger partial charge in [-0.1, -0.05) is 23.2 Å². The van der Waals surface area contributed by atoms with Crippen molar-refractivity contribution in [3.8, 4) is 0 Å². The third-order valence-corrected chi connectivity index (χ3v) is 5.29. The van der Waals surface area contributed by atoms with Gasteiger partial charge in [-0.3, -0.25) is 4.79 Å². The number of nitrogens with zero attached hydrogens (tertiary/aromatic N) is 1. The summed E-state index contributed by atoms with van der Waals surface area (Å²) < 4.78 is 22.8. The molecule has 1 aromatic rings. The van der Waals surface area contributed by atoms with Crippen molar-refractivity contribution < 1.29 is 13.2 Å². The first-order valence-electron chi connectivity index (χ1n) is 5.90. The van der Waals surface area contributed by atoms with Crippen LogP contribution in [0.15, 0.2) is 17.0 Å². The van der Waals surface area contributed by atoms with Crippen LogP contribution in [-0.4, -0.2) is 32.8 Å². The van der Waals surface area contributed by atoms with E-state index >= 15 is 0 Å². The molecule has 0 atom stereocenters. The van der Waals surface area contributed by atoms with Crippen molar-refractivity contribution >= 4 is 48.8 Å². The highest BCUT2D eigenvalue weighted by atomic mass is 35.7. The van der Waals surface area contributed by atoms with Crippen molar-refractivity contribution in [2.75, 3.05) is 13.6 Å². The van der Waals surface area contributed by atoms with E-state index in [0.717, 1.165) is 12.8 Å². The van der Waals surface area contributed by atoms with Gasteiger partial charge in [-0.2, -0.15) is 0 Å². The second-order valence-electron chi connectivity index (χ2n) is 4.80. The summed E-state index contributed by atoms with van der Waals surface area (Å²) in [6.07, 6.45) is 2.18. The Morgan fingerprint density at radius 2 is 1.95 bits per heavy atom. The maximum absolute atomic E-state index is 12.3. The molecule has 0 spiro atoms. The summed E-state index contributed by atoms with van der Waals surface area (Å²) in [5.41, 5.74) is -0.0294. The Labute approximate surface area is 132 Å². The number of carbonyl (C=O) groups is 1. The molecule has 0 unspecified atom stereocenters. The minimum atomic E-state index is -4.03. The van der Waals surface area contributed by atoms with E-state index in [0.29, 0.717) is 12.5 Å². The molecule has 0 saturated heterocycles. The van der Waals surface area contributed by atoms with E-state index in [-0.39, 0.29) is 20.5 Å². The highest BCUT2D eigenvalue weighted by Gasteiger charge is 2.29. The lowest BCUT2D eigenvalue weighted by molar-refractivity contribution is 0.0789. The third kappa shape index (κ3) is 3.39. The minimum Gasteiger partial charge on any atom is -0.341 e. The van der Waals surface area contributed by atoms with Crippen molar-refractivity contribution in [3.05, 3.63) is 27.7 Å². The zero-order chi connectivity index (χ0) is 15.1. The lowest BCUT2D eigenvalue weighted by atomic mass is 10.2. The molecule has 1 aromatic carbocycles. The van der Waals surface area contributed by atoms with Crippen LogP contribution in [-0.2, 0) is 9.05 Å². The summed E-state index contributed by atoms with van der Waals surface area (Å²) >= 11 is 12.0. The van der Waals surface area contributed by atoms with Gasteiger partial charge in [-0.15, -0.1) is 0 Å². The van der Waals surface area contributed by atoms with Crippen molar-refractivity contribution in [2.45, 2.75) is 17.7 Å². The van der Waals surface area contributed by atoms with Gasteiger partial charge >= 0.3 is 0 Å². The maximum Gasteiger partial charge on any atom is 0.262 e. The summed E-state index contributed by atoms with van der Waals surface area (Å²) in [4.78, 5) is 13.5. The minimum absolute atomic E-state index is 0.0294. The van der Waals surface area contributed by atoms with Crippen LogP contribution in [0.25, 0.3) is 0 Å². The molecule has 1 aliphatic carbocycles. The second kappa shape index (κ2) is 5.72. The molecule has 0 radical (unpaired) electrons. The van der Waals surface area contributed by atoms with Crippen LogP contribution in [0.1, 0.15) is 23.2 Å². The number of carbonyl (C=O) groups excluding carboxylic acids is 1. The Bertz CT molecular complexity index is 656. The van der Waals surface area contributed by atoms with E-state index < -0.39 is 15.0 Å². The molecule has 1 amide bonds. The molecule has 0 bridgehead atoms. The lowest BCUT2D eigenvalue weighted by Crippen LogP contribution is -2.29. The lowest BCUT2D eigenvalue weighted by Gasteiger charge is -2.19. The van der Waals surface area contributed by atoms with E-state index in [1.165, 1.54) is 17.0 Å². The fourth-order valence-electron chi connectivity index (χ4n) is 1.88. The quantitative estimate of drug-likeness (QED) is 0.777. The smallest absolute Gasteiger partial charge is 0.262 e. The van der Waals surface area contributed by atoms with Gasteiger partial charge in [0, 0.05) is 24.3 Å². The highest BCUT2D eigenvalue weighted by molar-refractivity contribution is 8.13. The topological polar surface area (TPSA) is 54.5 Å². The van der Waals surface area contributed by atoms with Gasteiger partial charge in [0.05, 0.1) is 15.6 Å². The monoisotopic (exact) mass is 355 g/mol. The second-order valence-corrected chi connectivity index (χ2v) is 8.12. The first-order chi connectivity index (χ1) is 9.21. The van der Waals surface area contributed by atoms with Crippen molar-refractivity contribution in [2.24, 2.45) is 5.92 Å². The van der Waals surface area contributed by atoms with E-state index in [1.807, 2.05) is 0 Å². The number of rotatable bonds is 4. The number of amides is 1. The summed E-state index contributed by atoms with van der Waals surface area (Å²) in [5, 5.41) is -0.133. The average molecular weight is 357 g/mol. The Morgan fingerprint density at radius 3 is 2.45 bits per heavy atom. The Morgan fingerprint density at radius 1 is 1.35 bits per heavy atom. The number of halogens is 3. The van der Waals surface area contributed by atoms with Gasteiger partial charge in [0.1, 0.15) is 4.90 Å². The zero-order valence-corrected chi connectivity index (χ0v) is 13.7. The molecule has 20 heavy (non-hydrogen) atoms. The normalized spacial score (nSPS) is 15.2. The summed E-state index contributed by atoms with van der Waals surface area (Å²) in [7, 11) is 2.89. The van der Waals surface area contributed by atoms with Crippen LogP contribution in [0.2, 0.25) is 10.0 Å². The van der Waals surface area contributed by atoms with Gasteiger partial charge in [0.15, 0.2) is 0 Å². The molecule has 8 heteroatoms. The van der Waals surface area contributed by atoms with Crippen LogP contribution in [0.4, 0.5) is 0 Å². The van der Waals surface area contributed by atoms with Crippen LogP contribution < -0.4 is 0 Å². The van der Waals surface area contributed by atoms with Gasteiger partial charge in [0.2, 0.25) is 0 Å². The molecule has 1 fully saturated rings. The molecule has 1 saturated carbocycles. The zero-order valence-electron chi connectivity index (χ0n) is 10.6. The van der Waals surface area contributed by atoms with E-state index in [2.05, 4.69) is 0 Å². The van der Waals surface area contributed by atoms with Crippen LogP contribution in [0.5, 0.6) is 0 Å². The molecule has 0 heterocycles. The van der Waals surface area contributed by atoms with Crippen molar-refractivity contribution in [1.82, 2.24) is 4.90 Å². The molecule has 2 rings (SSSR count). The van der Waals surface area contributed by atoms with E-state index in [9.17, 15) is 13.2 Å². The summed E-state index contributed by atoms with van der Waals surface area (Å²) in [5.74, 6) is 0.0931. The van der Waals surface area contributed by atoms with Gasteiger partial charge in [0.25, 0.3) is 15.0 Å². The number of hydrogen-bond donors (Lipinski definition) is 0. The molecular weight excluding hydrogens is 345 g/mol. The average Bonchev–Trinajstić information content (AvgIpc) is 3.10. The standard InChI is InChI=1S/C12H12Cl3NO3S/c1-16(6-7-2-3-7)12(17)10-8(13)4-5-9(11(10)14)20(15,18)19/h4-5,7H,2-3,6H2,1H3. The maximum atomic E-state index is 12.3. The summed E-state index contributed by atoms with van der Waals surface area (Å²) in [6.45, 7) is 0.601. The van der Waals surface area contributed by atoms with Crippen LogP contribution >= 0.6 is 33.9 Å². The molecule has 0 aliphatic heterocycles. The molecule has 0 N–H and O–H groups in total. The predicted octanol–water partition coefficient (Wildman–Crippen LogP) is 3.40. The first-order valence-corrected chi connectivity index (χ1v) is 8.96. The molecule has 0 aromatic heterocycles. The van der Waals surface area contributed by atoms with E-state index in [4.69, 9.17) is 33.9 Å². The fourth-order valence-corrected chi connectivity index (χ4v) is 3.77. The fraction of sp³-hybridized carbons (Fsp3) is 0.417. The SMILES string of the molecule is CN(CC1CC1)C(=O)c1c(Cl)ccc(S(=O)(=O)Cl)c1Cl.